The first kappa shape index (κ1) is 9.56. The van der Waals surface area contributed by atoms with Crippen molar-refractivity contribution in [1.82, 2.24) is 9.97 Å². The van der Waals surface area contributed by atoms with Crippen LogP contribution in [-0.2, 0) is 0 Å². The molecule has 0 amide bonds. The van der Waals surface area contributed by atoms with E-state index in [0.29, 0.717) is 6.04 Å². The van der Waals surface area contributed by atoms with Crippen molar-refractivity contribution >= 4 is 5.95 Å². The normalized spacial score (nSPS) is 27.6. The summed E-state index contributed by atoms with van der Waals surface area (Å²) in [5, 5.41) is 0. The second-order valence-corrected chi connectivity index (χ2v) is 4.35. The van der Waals surface area contributed by atoms with Crippen molar-refractivity contribution in [1.29, 1.82) is 0 Å². The fourth-order valence-electron chi connectivity index (χ4n) is 2.48. The van der Waals surface area contributed by atoms with Crippen molar-refractivity contribution in [3.05, 3.63) is 12.4 Å². The third-order valence-corrected chi connectivity index (χ3v) is 3.38. The highest BCUT2D eigenvalue weighted by Crippen LogP contribution is 2.28. The predicted molar refractivity (Wildman–Crippen MR) is 58.4 cm³/mol. The van der Waals surface area contributed by atoms with Crippen molar-refractivity contribution in [3.8, 4) is 0 Å². The lowest BCUT2D eigenvalue weighted by molar-refractivity contribution is 0.319. The second-order valence-electron chi connectivity index (χ2n) is 4.35. The molecular weight excluding hydrogens is 174 g/mol. The predicted octanol–water partition coefficient (Wildman–Crippen LogP) is 2.42. The van der Waals surface area contributed by atoms with E-state index in [1.807, 2.05) is 12.4 Å². The number of hydrogen-bond acceptors (Lipinski definition) is 2. The molecule has 0 aliphatic heterocycles. The molecule has 2 atom stereocenters. The van der Waals surface area contributed by atoms with E-state index in [2.05, 4.69) is 28.8 Å². The van der Waals surface area contributed by atoms with Crippen molar-refractivity contribution in [2.24, 2.45) is 5.92 Å². The summed E-state index contributed by atoms with van der Waals surface area (Å²) in [5.41, 5.74) is 0. The van der Waals surface area contributed by atoms with Crippen molar-refractivity contribution in [2.75, 3.05) is 11.9 Å². The Kier molecular flexibility index (Phi) is 2.75. The summed E-state index contributed by atoms with van der Waals surface area (Å²) in [6, 6.07) is 0.662. The summed E-state index contributed by atoms with van der Waals surface area (Å²) in [4.78, 5) is 9.76. The summed E-state index contributed by atoms with van der Waals surface area (Å²) < 4.78 is 0. The van der Waals surface area contributed by atoms with Gasteiger partial charge in [0, 0.05) is 25.5 Å². The third-order valence-electron chi connectivity index (χ3n) is 3.38. The maximum absolute atomic E-state index is 4.30. The van der Waals surface area contributed by atoms with E-state index in [4.69, 9.17) is 0 Å². The molecule has 0 spiro atoms. The Balaban J connectivity index is 2.06. The number of nitrogens with one attached hydrogen (secondary N) is 1. The number of H-pyrrole nitrogens is 1. The fraction of sp³-hybridized carbons (Fsp3) is 0.727. The number of aromatic amines is 1. The van der Waals surface area contributed by atoms with Gasteiger partial charge in [0.1, 0.15) is 0 Å². The Morgan fingerprint density at radius 1 is 1.43 bits per heavy atom. The molecule has 78 valence electrons. The molecule has 1 aliphatic carbocycles. The Morgan fingerprint density at radius 2 is 2.21 bits per heavy atom. The van der Waals surface area contributed by atoms with Crippen LogP contribution in [0, 0.1) is 5.92 Å². The average Bonchev–Trinajstić information content (AvgIpc) is 2.70. The molecule has 0 radical (unpaired) electrons. The SMILES string of the molecule is CC1CCCCC1N(C)c1ncc[nH]1. The van der Waals surface area contributed by atoms with Gasteiger partial charge in [-0.1, -0.05) is 19.8 Å². The summed E-state index contributed by atoms with van der Waals surface area (Å²) in [7, 11) is 2.14. The van der Waals surface area contributed by atoms with E-state index in [1.165, 1.54) is 25.7 Å². The quantitative estimate of drug-likeness (QED) is 0.782. The fourth-order valence-corrected chi connectivity index (χ4v) is 2.48. The first-order valence-electron chi connectivity index (χ1n) is 5.51. The highest BCUT2D eigenvalue weighted by Gasteiger charge is 2.25. The van der Waals surface area contributed by atoms with Gasteiger partial charge in [0.15, 0.2) is 0 Å². The smallest absolute Gasteiger partial charge is 0.202 e. The number of aromatic nitrogens is 2. The molecule has 2 unspecified atom stereocenters. The van der Waals surface area contributed by atoms with E-state index in [9.17, 15) is 0 Å². The summed E-state index contributed by atoms with van der Waals surface area (Å²) >= 11 is 0. The third kappa shape index (κ3) is 1.76. The largest absolute Gasteiger partial charge is 0.342 e. The van der Waals surface area contributed by atoms with Crippen LogP contribution in [0.25, 0.3) is 0 Å². The zero-order valence-electron chi connectivity index (χ0n) is 9.03. The highest BCUT2D eigenvalue weighted by molar-refractivity contribution is 5.29. The molecular formula is C11H19N3. The van der Waals surface area contributed by atoms with Crippen LogP contribution >= 0.6 is 0 Å². The van der Waals surface area contributed by atoms with Gasteiger partial charge < -0.3 is 9.88 Å². The molecule has 1 saturated carbocycles. The van der Waals surface area contributed by atoms with Gasteiger partial charge >= 0.3 is 0 Å². The first-order valence-corrected chi connectivity index (χ1v) is 5.51. The maximum Gasteiger partial charge on any atom is 0.202 e. The van der Waals surface area contributed by atoms with Gasteiger partial charge in [-0.05, 0) is 18.8 Å². The van der Waals surface area contributed by atoms with Crippen LogP contribution < -0.4 is 4.90 Å². The lowest BCUT2D eigenvalue weighted by Crippen LogP contribution is -2.39. The van der Waals surface area contributed by atoms with E-state index in [1.54, 1.807) is 0 Å². The zero-order chi connectivity index (χ0) is 9.97. The van der Waals surface area contributed by atoms with Gasteiger partial charge in [0.2, 0.25) is 5.95 Å². The van der Waals surface area contributed by atoms with Crippen LogP contribution in [0.3, 0.4) is 0 Å². The summed E-state index contributed by atoms with van der Waals surface area (Å²) in [5.74, 6) is 1.79. The van der Waals surface area contributed by atoms with E-state index < -0.39 is 0 Å². The van der Waals surface area contributed by atoms with Gasteiger partial charge in [0.25, 0.3) is 0 Å². The molecule has 1 N–H and O–H groups in total. The molecule has 1 heterocycles. The van der Waals surface area contributed by atoms with Crippen molar-refractivity contribution in [2.45, 2.75) is 38.6 Å². The molecule has 0 bridgehead atoms. The molecule has 3 nitrogen and oxygen atoms in total. The van der Waals surface area contributed by atoms with Crippen LogP contribution in [0.5, 0.6) is 0 Å². The molecule has 1 aromatic heterocycles. The van der Waals surface area contributed by atoms with Crippen LogP contribution in [0.15, 0.2) is 12.4 Å². The number of imidazole rings is 1. The van der Waals surface area contributed by atoms with E-state index in [-0.39, 0.29) is 0 Å². The molecule has 1 fully saturated rings. The molecule has 0 aromatic carbocycles. The van der Waals surface area contributed by atoms with E-state index >= 15 is 0 Å². The average molecular weight is 193 g/mol. The van der Waals surface area contributed by atoms with Gasteiger partial charge in [0.05, 0.1) is 0 Å². The monoisotopic (exact) mass is 193 g/mol. The highest BCUT2D eigenvalue weighted by atomic mass is 15.3. The Hall–Kier alpha value is -0.990. The van der Waals surface area contributed by atoms with Crippen LogP contribution in [-0.4, -0.2) is 23.1 Å². The lowest BCUT2D eigenvalue weighted by atomic mass is 9.85. The molecule has 3 heteroatoms. The standard InChI is InChI=1S/C11H19N3/c1-9-5-3-4-6-10(9)14(2)11-12-7-8-13-11/h7-10H,3-6H2,1-2H3,(H,12,13). The minimum absolute atomic E-state index is 0.662. The molecule has 0 saturated heterocycles. The first-order chi connectivity index (χ1) is 6.79. The number of anilines is 1. The number of hydrogen-bond donors (Lipinski definition) is 1. The second kappa shape index (κ2) is 4.03. The molecule has 14 heavy (non-hydrogen) atoms. The van der Waals surface area contributed by atoms with Gasteiger partial charge in [-0.25, -0.2) is 4.98 Å². The van der Waals surface area contributed by atoms with Crippen LogP contribution in [0.1, 0.15) is 32.6 Å². The molecule has 1 aromatic rings. The molecule has 2 rings (SSSR count). The molecule has 1 aliphatic rings. The maximum atomic E-state index is 4.30. The zero-order valence-corrected chi connectivity index (χ0v) is 9.03. The van der Waals surface area contributed by atoms with Gasteiger partial charge in [-0.2, -0.15) is 0 Å². The summed E-state index contributed by atoms with van der Waals surface area (Å²) in [6.07, 6.45) is 9.12. The topological polar surface area (TPSA) is 31.9 Å². The van der Waals surface area contributed by atoms with Crippen LogP contribution in [0.2, 0.25) is 0 Å². The minimum atomic E-state index is 0.662. The minimum Gasteiger partial charge on any atom is -0.342 e. The van der Waals surface area contributed by atoms with Crippen molar-refractivity contribution < 1.29 is 0 Å². The number of nitrogens with zero attached hydrogens (tertiary/aromatic N) is 2. The van der Waals surface area contributed by atoms with E-state index in [0.717, 1.165) is 11.9 Å². The Labute approximate surface area is 85.5 Å². The Bertz CT molecular complexity index is 268. The van der Waals surface area contributed by atoms with Gasteiger partial charge in [-0.15, -0.1) is 0 Å². The van der Waals surface area contributed by atoms with Gasteiger partial charge in [-0.3, -0.25) is 0 Å². The lowest BCUT2D eigenvalue weighted by Gasteiger charge is -2.36. The number of rotatable bonds is 2. The van der Waals surface area contributed by atoms with Crippen molar-refractivity contribution in [3.63, 3.8) is 0 Å². The summed E-state index contributed by atoms with van der Waals surface area (Å²) in [6.45, 7) is 2.35. The Morgan fingerprint density at radius 3 is 2.86 bits per heavy atom. The van der Waals surface area contributed by atoms with Crippen LogP contribution in [0.4, 0.5) is 5.95 Å².